The number of hydrogen-bond acceptors (Lipinski definition) is 4. The summed E-state index contributed by atoms with van der Waals surface area (Å²) in [6, 6.07) is 11.4. The SMILES string of the molecule is C#CCCOCCOCCOCCNCc1cc(F)cc2c1ccn2Cc1ccc(F)cc1. The summed E-state index contributed by atoms with van der Waals surface area (Å²) in [5, 5.41) is 4.29. The monoisotopic (exact) mass is 456 g/mol. The fourth-order valence-electron chi connectivity index (χ4n) is 3.44. The minimum absolute atomic E-state index is 0.270. The summed E-state index contributed by atoms with van der Waals surface area (Å²) in [6.45, 7) is 4.86. The summed E-state index contributed by atoms with van der Waals surface area (Å²) in [7, 11) is 0. The molecule has 0 bridgehead atoms. The van der Waals surface area contributed by atoms with E-state index in [9.17, 15) is 8.78 Å². The number of rotatable bonds is 15. The van der Waals surface area contributed by atoms with Crippen molar-refractivity contribution in [3.05, 3.63) is 71.4 Å². The molecule has 3 aromatic rings. The highest BCUT2D eigenvalue weighted by Crippen LogP contribution is 2.23. The number of ether oxygens (including phenoxy) is 3. The van der Waals surface area contributed by atoms with Crippen molar-refractivity contribution in [1.82, 2.24) is 9.88 Å². The van der Waals surface area contributed by atoms with Crippen molar-refractivity contribution in [2.75, 3.05) is 46.2 Å². The van der Waals surface area contributed by atoms with E-state index in [2.05, 4.69) is 11.2 Å². The second-order valence-corrected chi connectivity index (χ2v) is 7.54. The smallest absolute Gasteiger partial charge is 0.125 e. The Kier molecular flexibility index (Phi) is 10.3. The standard InChI is InChI=1S/C26H30F2N2O3/c1-2-3-11-31-13-15-33-16-14-32-12-9-29-19-22-17-24(28)18-26-25(22)8-10-30(26)20-21-4-6-23(27)7-5-21/h1,4-8,10,17-18,29H,3,9,11-16,19-20H2. The van der Waals surface area contributed by atoms with Crippen molar-refractivity contribution in [1.29, 1.82) is 0 Å². The molecule has 2 aromatic carbocycles. The highest BCUT2D eigenvalue weighted by Gasteiger charge is 2.09. The van der Waals surface area contributed by atoms with Crippen molar-refractivity contribution in [2.45, 2.75) is 19.5 Å². The maximum Gasteiger partial charge on any atom is 0.125 e. The first-order valence-corrected chi connectivity index (χ1v) is 11.1. The van der Waals surface area contributed by atoms with Crippen LogP contribution in [0.1, 0.15) is 17.5 Å². The molecular formula is C26H30F2N2O3. The zero-order valence-corrected chi connectivity index (χ0v) is 18.7. The Morgan fingerprint density at radius 3 is 2.27 bits per heavy atom. The lowest BCUT2D eigenvalue weighted by Gasteiger charge is -2.10. The van der Waals surface area contributed by atoms with Gasteiger partial charge in [0, 0.05) is 37.6 Å². The molecule has 0 atom stereocenters. The molecule has 1 aromatic heterocycles. The lowest BCUT2D eigenvalue weighted by molar-refractivity contribution is 0.0161. The molecule has 0 saturated heterocycles. The molecule has 0 saturated carbocycles. The Hall–Kier alpha value is -2.76. The molecule has 176 valence electrons. The van der Waals surface area contributed by atoms with Crippen LogP contribution in [-0.2, 0) is 27.3 Å². The fraction of sp³-hybridized carbons (Fsp3) is 0.385. The molecule has 0 amide bonds. The van der Waals surface area contributed by atoms with E-state index in [1.165, 1.54) is 18.2 Å². The molecule has 0 radical (unpaired) electrons. The van der Waals surface area contributed by atoms with Crippen molar-refractivity contribution in [3.63, 3.8) is 0 Å². The minimum atomic E-state index is -0.282. The summed E-state index contributed by atoms with van der Waals surface area (Å²) in [5.41, 5.74) is 2.65. The predicted molar refractivity (Wildman–Crippen MR) is 125 cm³/mol. The van der Waals surface area contributed by atoms with Gasteiger partial charge in [0.25, 0.3) is 0 Å². The molecule has 33 heavy (non-hydrogen) atoms. The lowest BCUT2D eigenvalue weighted by Crippen LogP contribution is -2.20. The molecule has 0 aliphatic carbocycles. The number of nitrogens with zero attached hydrogens (tertiary/aromatic N) is 1. The van der Waals surface area contributed by atoms with Crippen LogP contribution in [0.4, 0.5) is 8.78 Å². The Bertz CT molecular complexity index is 1030. The number of nitrogens with one attached hydrogen (secondary N) is 1. The molecule has 0 unspecified atom stereocenters. The van der Waals surface area contributed by atoms with Crippen LogP contribution in [0.15, 0.2) is 48.7 Å². The summed E-state index contributed by atoms with van der Waals surface area (Å²) in [5.74, 6) is 1.96. The van der Waals surface area contributed by atoms with Crippen molar-refractivity contribution in [2.24, 2.45) is 0 Å². The van der Waals surface area contributed by atoms with Crippen molar-refractivity contribution >= 4 is 10.9 Å². The molecule has 1 heterocycles. The van der Waals surface area contributed by atoms with Gasteiger partial charge in [0.2, 0.25) is 0 Å². The topological polar surface area (TPSA) is 44.6 Å². The zero-order chi connectivity index (χ0) is 23.3. The number of halogens is 2. The van der Waals surface area contributed by atoms with E-state index in [1.807, 2.05) is 16.8 Å². The molecule has 0 aliphatic heterocycles. The van der Waals surface area contributed by atoms with E-state index in [-0.39, 0.29) is 11.6 Å². The van der Waals surface area contributed by atoms with Gasteiger partial charge < -0.3 is 24.1 Å². The van der Waals surface area contributed by atoms with E-state index in [4.69, 9.17) is 20.6 Å². The predicted octanol–water partition coefficient (Wildman–Crippen LogP) is 4.13. The van der Waals surface area contributed by atoms with Crippen LogP contribution in [0.5, 0.6) is 0 Å². The Balaban J connectivity index is 1.38. The van der Waals surface area contributed by atoms with Gasteiger partial charge in [-0.05, 0) is 41.5 Å². The normalized spacial score (nSPS) is 11.2. The molecule has 0 aliphatic rings. The first-order chi connectivity index (χ1) is 16.2. The van der Waals surface area contributed by atoms with E-state index < -0.39 is 0 Å². The fourth-order valence-corrected chi connectivity index (χ4v) is 3.44. The molecule has 5 nitrogen and oxygen atoms in total. The van der Waals surface area contributed by atoms with Crippen molar-refractivity contribution in [3.8, 4) is 12.3 Å². The highest BCUT2D eigenvalue weighted by atomic mass is 19.1. The maximum absolute atomic E-state index is 14.3. The van der Waals surface area contributed by atoms with E-state index in [1.54, 1.807) is 18.2 Å². The number of benzene rings is 2. The Morgan fingerprint density at radius 2 is 1.55 bits per heavy atom. The van der Waals surface area contributed by atoms with E-state index >= 15 is 0 Å². The van der Waals surface area contributed by atoms with Gasteiger partial charge in [-0.2, -0.15) is 0 Å². The van der Waals surface area contributed by atoms with Crippen LogP contribution < -0.4 is 5.32 Å². The van der Waals surface area contributed by atoms with Gasteiger partial charge in [-0.25, -0.2) is 8.78 Å². The number of aromatic nitrogens is 1. The minimum Gasteiger partial charge on any atom is -0.378 e. The van der Waals surface area contributed by atoms with Crippen LogP contribution in [0, 0.1) is 24.0 Å². The van der Waals surface area contributed by atoms with Crippen LogP contribution in [0.25, 0.3) is 10.9 Å². The van der Waals surface area contributed by atoms with Crippen LogP contribution in [-0.4, -0.2) is 50.8 Å². The molecule has 0 spiro atoms. The Labute approximate surface area is 193 Å². The second-order valence-electron chi connectivity index (χ2n) is 7.54. The quantitative estimate of drug-likeness (QED) is 0.276. The average Bonchev–Trinajstić information content (AvgIpc) is 3.20. The maximum atomic E-state index is 14.3. The molecular weight excluding hydrogens is 426 g/mol. The van der Waals surface area contributed by atoms with E-state index in [0.717, 1.165) is 22.0 Å². The highest BCUT2D eigenvalue weighted by molar-refractivity contribution is 5.84. The zero-order valence-electron chi connectivity index (χ0n) is 18.7. The van der Waals surface area contributed by atoms with Gasteiger partial charge >= 0.3 is 0 Å². The largest absolute Gasteiger partial charge is 0.378 e. The Morgan fingerprint density at radius 1 is 0.848 bits per heavy atom. The van der Waals surface area contributed by atoms with Gasteiger partial charge in [-0.3, -0.25) is 0 Å². The summed E-state index contributed by atoms with van der Waals surface area (Å²) < 4.78 is 45.6. The summed E-state index contributed by atoms with van der Waals surface area (Å²) in [6.07, 6.45) is 7.68. The second kappa shape index (κ2) is 13.7. The van der Waals surface area contributed by atoms with Crippen LogP contribution in [0.3, 0.4) is 0 Å². The lowest BCUT2D eigenvalue weighted by atomic mass is 10.1. The molecule has 1 N–H and O–H groups in total. The third-order valence-electron chi connectivity index (χ3n) is 5.08. The summed E-state index contributed by atoms with van der Waals surface area (Å²) in [4.78, 5) is 0. The molecule has 7 heteroatoms. The van der Waals surface area contributed by atoms with Crippen LogP contribution >= 0.6 is 0 Å². The van der Waals surface area contributed by atoms with Crippen LogP contribution in [0.2, 0.25) is 0 Å². The van der Waals surface area contributed by atoms with Gasteiger partial charge in [-0.1, -0.05) is 12.1 Å². The van der Waals surface area contributed by atoms with Crippen molar-refractivity contribution < 1.29 is 23.0 Å². The number of hydrogen-bond donors (Lipinski definition) is 1. The molecule has 3 rings (SSSR count). The van der Waals surface area contributed by atoms with Gasteiger partial charge in [-0.15, -0.1) is 12.3 Å². The van der Waals surface area contributed by atoms with E-state index in [0.29, 0.717) is 65.7 Å². The number of terminal acetylenes is 1. The number of fused-ring (bicyclic) bond motifs is 1. The third kappa shape index (κ3) is 8.26. The average molecular weight is 457 g/mol. The molecule has 0 fully saturated rings. The van der Waals surface area contributed by atoms with Gasteiger partial charge in [0.15, 0.2) is 0 Å². The third-order valence-corrected chi connectivity index (χ3v) is 5.08. The first kappa shape index (κ1) is 24.9. The van der Waals surface area contributed by atoms with Gasteiger partial charge in [0.1, 0.15) is 11.6 Å². The van der Waals surface area contributed by atoms with Gasteiger partial charge in [0.05, 0.1) is 45.2 Å². The first-order valence-electron chi connectivity index (χ1n) is 11.1. The summed E-state index contributed by atoms with van der Waals surface area (Å²) >= 11 is 0.